The third-order valence-corrected chi connectivity index (χ3v) is 5.53. The van der Waals surface area contributed by atoms with Gasteiger partial charge in [-0.1, -0.05) is 42.5 Å². The maximum Gasteiger partial charge on any atom is 0.186 e. The van der Waals surface area contributed by atoms with Crippen LogP contribution in [0.25, 0.3) is 11.4 Å². The van der Waals surface area contributed by atoms with Crippen molar-refractivity contribution in [3.05, 3.63) is 77.5 Å². The second kappa shape index (κ2) is 8.06. The lowest BCUT2D eigenvalue weighted by Crippen LogP contribution is -2.05. The fourth-order valence-corrected chi connectivity index (χ4v) is 3.87. The molecule has 0 atom stereocenters. The first kappa shape index (κ1) is 17.9. The molecule has 8 heteroatoms. The van der Waals surface area contributed by atoms with Gasteiger partial charge in [0.1, 0.15) is 5.03 Å². The van der Waals surface area contributed by atoms with Gasteiger partial charge in [-0.2, -0.15) is 10.4 Å². The average molecular weight is 387 g/mol. The van der Waals surface area contributed by atoms with E-state index in [4.69, 9.17) is 5.26 Å². The monoisotopic (exact) mass is 387 g/mol. The molecule has 0 unspecified atom stereocenters. The number of aryl methyl sites for hydroxylation is 1. The van der Waals surface area contributed by atoms with E-state index in [1.165, 1.54) is 5.56 Å². The number of hydrogen-bond donors (Lipinski definition) is 0. The van der Waals surface area contributed by atoms with Crippen LogP contribution in [0.4, 0.5) is 0 Å². The van der Waals surface area contributed by atoms with Crippen LogP contribution in [-0.4, -0.2) is 30.0 Å². The first-order valence-electron chi connectivity index (χ1n) is 8.69. The lowest BCUT2D eigenvalue weighted by molar-refractivity contribution is 0.651. The molecule has 2 aromatic heterocycles. The second-order valence-electron chi connectivity index (χ2n) is 6.23. The van der Waals surface area contributed by atoms with E-state index in [9.17, 15) is 0 Å². The van der Waals surface area contributed by atoms with Crippen LogP contribution in [0.1, 0.15) is 16.7 Å². The molecule has 4 rings (SSSR count). The lowest BCUT2D eigenvalue weighted by Gasteiger charge is -2.07. The van der Waals surface area contributed by atoms with Gasteiger partial charge >= 0.3 is 0 Å². The molecule has 0 aliphatic heterocycles. The smallest absolute Gasteiger partial charge is 0.186 e. The number of thioether (sulfide) groups is 1. The molecule has 4 aromatic rings. The quantitative estimate of drug-likeness (QED) is 0.472. The van der Waals surface area contributed by atoms with Crippen molar-refractivity contribution in [2.45, 2.75) is 17.3 Å². The van der Waals surface area contributed by atoms with E-state index in [1.807, 2.05) is 42.1 Å². The summed E-state index contributed by atoms with van der Waals surface area (Å²) in [5, 5.41) is 26.6. The number of nitrogens with zero attached hydrogens (tertiary/aromatic N) is 7. The Labute approximate surface area is 166 Å². The SMILES string of the molecule is Cn1ncc(-c2nnnn2Cc2ccc(C#N)cc2)c1SCc1ccccc1. The Balaban J connectivity index is 1.58. The van der Waals surface area contributed by atoms with E-state index < -0.39 is 0 Å². The number of benzene rings is 2. The second-order valence-corrected chi connectivity index (χ2v) is 7.19. The largest absolute Gasteiger partial charge is 0.261 e. The number of rotatable bonds is 6. The Hall–Kier alpha value is -3.44. The van der Waals surface area contributed by atoms with Gasteiger partial charge in [0.2, 0.25) is 0 Å². The molecule has 0 saturated carbocycles. The van der Waals surface area contributed by atoms with Crippen LogP contribution in [0, 0.1) is 11.3 Å². The summed E-state index contributed by atoms with van der Waals surface area (Å²) in [4.78, 5) is 0. The maximum atomic E-state index is 8.94. The van der Waals surface area contributed by atoms with E-state index in [1.54, 1.807) is 34.8 Å². The Kier molecular flexibility index (Phi) is 5.17. The highest BCUT2D eigenvalue weighted by Crippen LogP contribution is 2.31. The highest BCUT2D eigenvalue weighted by molar-refractivity contribution is 7.98. The van der Waals surface area contributed by atoms with Crippen LogP contribution in [0.15, 0.2) is 65.8 Å². The topological polar surface area (TPSA) is 85.2 Å². The van der Waals surface area contributed by atoms with Crippen LogP contribution in [-0.2, 0) is 19.3 Å². The predicted octanol–water partition coefficient (Wildman–Crippen LogP) is 3.29. The zero-order chi connectivity index (χ0) is 19.3. The fraction of sp³-hybridized carbons (Fsp3) is 0.150. The average Bonchev–Trinajstić information content (AvgIpc) is 3.33. The molecule has 2 heterocycles. The Morgan fingerprint density at radius 2 is 1.82 bits per heavy atom. The summed E-state index contributed by atoms with van der Waals surface area (Å²) < 4.78 is 3.61. The standard InChI is InChI=1S/C20H17N7S/c1-26-20(28-14-17-5-3-2-4-6-17)18(12-22-26)19-23-24-25-27(19)13-16-9-7-15(11-21)8-10-16/h2-10,12H,13-14H2,1H3. The molecule has 0 bridgehead atoms. The zero-order valence-corrected chi connectivity index (χ0v) is 16.0. The maximum absolute atomic E-state index is 8.94. The molecule has 0 fully saturated rings. The van der Waals surface area contributed by atoms with E-state index in [2.05, 4.69) is 38.8 Å². The molecule has 0 amide bonds. The van der Waals surface area contributed by atoms with Crippen molar-refractivity contribution in [2.75, 3.05) is 0 Å². The predicted molar refractivity (Wildman–Crippen MR) is 106 cm³/mol. The van der Waals surface area contributed by atoms with Crippen molar-refractivity contribution < 1.29 is 0 Å². The van der Waals surface area contributed by atoms with E-state index in [-0.39, 0.29) is 0 Å². The van der Waals surface area contributed by atoms with Crippen LogP contribution in [0.5, 0.6) is 0 Å². The first-order chi connectivity index (χ1) is 13.7. The third-order valence-electron chi connectivity index (χ3n) is 4.29. The minimum absolute atomic E-state index is 0.520. The van der Waals surface area contributed by atoms with Gasteiger partial charge in [0.05, 0.1) is 29.9 Å². The Morgan fingerprint density at radius 1 is 1.04 bits per heavy atom. The molecule has 2 aromatic carbocycles. The van der Waals surface area contributed by atoms with Gasteiger partial charge < -0.3 is 0 Å². The van der Waals surface area contributed by atoms with Crippen LogP contribution < -0.4 is 0 Å². The van der Waals surface area contributed by atoms with Gasteiger partial charge in [0, 0.05) is 12.8 Å². The highest BCUT2D eigenvalue weighted by atomic mass is 32.2. The molecule has 7 nitrogen and oxygen atoms in total. The molecular formula is C20H17N7S. The third kappa shape index (κ3) is 3.80. The summed E-state index contributed by atoms with van der Waals surface area (Å²) in [6.07, 6.45) is 1.80. The van der Waals surface area contributed by atoms with Gasteiger partial charge in [0.15, 0.2) is 5.82 Å². The minimum atomic E-state index is 0.520. The van der Waals surface area contributed by atoms with Crippen molar-refractivity contribution in [3.8, 4) is 17.5 Å². The number of nitriles is 1. The first-order valence-corrected chi connectivity index (χ1v) is 9.67. The molecule has 0 spiro atoms. The molecule has 28 heavy (non-hydrogen) atoms. The highest BCUT2D eigenvalue weighted by Gasteiger charge is 2.18. The fourth-order valence-electron chi connectivity index (χ4n) is 2.84. The summed E-state index contributed by atoms with van der Waals surface area (Å²) in [5.41, 5.74) is 3.81. The van der Waals surface area contributed by atoms with Crippen molar-refractivity contribution in [1.82, 2.24) is 30.0 Å². The number of hydrogen-bond acceptors (Lipinski definition) is 6. The van der Waals surface area contributed by atoms with E-state index in [0.717, 1.165) is 21.9 Å². The molecule has 0 N–H and O–H groups in total. The van der Waals surface area contributed by atoms with Gasteiger partial charge in [0.25, 0.3) is 0 Å². The molecule has 138 valence electrons. The summed E-state index contributed by atoms with van der Waals surface area (Å²) in [7, 11) is 1.92. The molecular weight excluding hydrogens is 370 g/mol. The summed E-state index contributed by atoms with van der Waals surface area (Å²) in [5.74, 6) is 1.51. The normalized spacial score (nSPS) is 10.7. The Bertz CT molecular complexity index is 1110. The van der Waals surface area contributed by atoms with Crippen molar-refractivity contribution in [2.24, 2.45) is 7.05 Å². The Morgan fingerprint density at radius 3 is 2.57 bits per heavy atom. The van der Waals surface area contributed by atoms with Crippen molar-refractivity contribution in [1.29, 1.82) is 5.26 Å². The van der Waals surface area contributed by atoms with Crippen molar-refractivity contribution in [3.63, 3.8) is 0 Å². The van der Waals surface area contributed by atoms with Gasteiger partial charge in [-0.05, 0) is 33.7 Å². The minimum Gasteiger partial charge on any atom is -0.261 e. The van der Waals surface area contributed by atoms with Crippen LogP contribution in [0.3, 0.4) is 0 Å². The number of aromatic nitrogens is 6. The van der Waals surface area contributed by atoms with E-state index in [0.29, 0.717) is 17.9 Å². The molecule has 0 aliphatic carbocycles. The van der Waals surface area contributed by atoms with Crippen LogP contribution >= 0.6 is 11.8 Å². The molecule has 0 aliphatic rings. The van der Waals surface area contributed by atoms with Crippen molar-refractivity contribution >= 4 is 11.8 Å². The van der Waals surface area contributed by atoms with Gasteiger partial charge in [-0.15, -0.1) is 16.9 Å². The lowest BCUT2D eigenvalue weighted by atomic mass is 10.1. The summed E-state index contributed by atoms with van der Waals surface area (Å²) >= 11 is 1.71. The zero-order valence-electron chi connectivity index (χ0n) is 15.2. The van der Waals surface area contributed by atoms with Gasteiger partial charge in [-0.25, -0.2) is 4.68 Å². The summed E-state index contributed by atoms with van der Waals surface area (Å²) in [6.45, 7) is 0.520. The van der Waals surface area contributed by atoms with Gasteiger partial charge in [-0.3, -0.25) is 4.68 Å². The molecule has 0 radical (unpaired) electrons. The number of tetrazole rings is 1. The summed E-state index contributed by atoms with van der Waals surface area (Å²) in [6, 6.07) is 19.9. The van der Waals surface area contributed by atoms with E-state index >= 15 is 0 Å². The van der Waals surface area contributed by atoms with Crippen LogP contribution in [0.2, 0.25) is 0 Å². The molecule has 0 saturated heterocycles.